The Balaban J connectivity index is 1.50. The Hall–Kier alpha value is -3.65. The van der Waals surface area contributed by atoms with Crippen molar-refractivity contribution in [3.63, 3.8) is 0 Å². The van der Waals surface area contributed by atoms with Gasteiger partial charge in [-0.05, 0) is 53.9 Å². The molecule has 3 heterocycles. The van der Waals surface area contributed by atoms with Crippen molar-refractivity contribution in [2.75, 3.05) is 10.6 Å². The van der Waals surface area contributed by atoms with E-state index >= 15 is 0 Å². The summed E-state index contributed by atoms with van der Waals surface area (Å²) in [6.07, 6.45) is 2.07. The fourth-order valence-corrected chi connectivity index (χ4v) is 3.80. The molecule has 9 heteroatoms. The quantitative estimate of drug-likeness (QED) is 0.466. The molecule has 1 aliphatic heterocycles. The molecule has 0 saturated carbocycles. The summed E-state index contributed by atoms with van der Waals surface area (Å²) in [5.74, 6) is 0.0515. The van der Waals surface area contributed by atoms with Crippen molar-refractivity contribution in [1.29, 1.82) is 0 Å². The molecule has 0 radical (unpaired) electrons. The largest absolute Gasteiger partial charge is 0.459 e. The highest BCUT2D eigenvalue weighted by Crippen LogP contribution is 2.38. The number of carbonyl (C=O) groups is 1. The van der Waals surface area contributed by atoms with Gasteiger partial charge in [-0.1, -0.05) is 35.9 Å². The molecule has 0 fully saturated rings. The van der Waals surface area contributed by atoms with Gasteiger partial charge in [0.1, 0.15) is 5.82 Å². The van der Waals surface area contributed by atoms with Gasteiger partial charge in [-0.2, -0.15) is 4.98 Å². The van der Waals surface area contributed by atoms with Crippen molar-refractivity contribution in [2.45, 2.75) is 18.5 Å². The fraction of sp³-hybridized carbons (Fsp3) is 0.136. The van der Waals surface area contributed by atoms with E-state index in [0.717, 1.165) is 11.1 Å². The molecule has 4 aromatic rings. The Bertz CT molecular complexity index is 1210. The van der Waals surface area contributed by atoms with E-state index in [1.54, 1.807) is 28.9 Å². The zero-order valence-electron chi connectivity index (χ0n) is 16.1. The summed E-state index contributed by atoms with van der Waals surface area (Å²) >= 11 is 6.03. The number of fused-ring (bicyclic) bond motifs is 1. The number of benzene rings is 2. The standard InChI is InChI=1S/C22H17ClFN5O2/c23-15-7-3-13(4-8-15)17-12-18(14-5-9-16(24)10-6-14)29-22(25-17)27-21(28-29)26-20(30)19-2-1-11-31-19/h1-11,17-18H,12H2,(H2,25,26,27,28,30). The Kier molecular flexibility index (Phi) is 4.91. The van der Waals surface area contributed by atoms with Crippen LogP contribution in [-0.4, -0.2) is 20.7 Å². The molecule has 0 spiro atoms. The van der Waals surface area contributed by atoms with Crippen LogP contribution in [-0.2, 0) is 0 Å². The molecule has 1 aliphatic rings. The first-order valence-electron chi connectivity index (χ1n) is 9.66. The second kappa shape index (κ2) is 7.88. The predicted molar refractivity (Wildman–Crippen MR) is 114 cm³/mol. The van der Waals surface area contributed by atoms with Crippen molar-refractivity contribution in [3.8, 4) is 0 Å². The van der Waals surface area contributed by atoms with Crippen molar-refractivity contribution in [1.82, 2.24) is 14.8 Å². The molecule has 2 aromatic heterocycles. The van der Waals surface area contributed by atoms with Crippen LogP contribution in [0, 0.1) is 5.82 Å². The number of amides is 1. The monoisotopic (exact) mass is 437 g/mol. The van der Waals surface area contributed by atoms with E-state index in [2.05, 4.69) is 20.7 Å². The number of hydrogen-bond acceptors (Lipinski definition) is 5. The second-order valence-corrected chi connectivity index (χ2v) is 7.62. The lowest BCUT2D eigenvalue weighted by atomic mass is 9.93. The number of rotatable bonds is 4. The van der Waals surface area contributed by atoms with E-state index in [1.807, 2.05) is 24.3 Å². The van der Waals surface area contributed by atoms with Gasteiger partial charge in [-0.15, -0.1) is 5.10 Å². The molecule has 2 unspecified atom stereocenters. The number of nitrogens with one attached hydrogen (secondary N) is 2. The van der Waals surface area contributed by atoms with E-state index in [-0.39, 0.29) is 29.6 Å². The van der Waals surface area contributed by atoms with Gasteiger partial charge in [0.05, 0.1) is 18.3 Å². The highest BCUT2D eigenvalue weighted by atomic mass is 35.5. The number of carbonyl (C=O) groups excluding carboxylic acids is 1. The lowest BCUT2D eigenvalue weighted by Gasteiger charge is -2.31. The van der Waals surface area contributed by atoms with E-state index in [1.165, 1.54) is 18.4 Å². The molecule has 0 bridgehead atoms. The summed E-state index contributed by atoms with van der Waals surface area (Å²) < 4.78 is 20.3. The van der Waals surface area contributed by atoms with E-state index in [9.17, 15) is 9.18 Å². The van der Waals surface area contributed by atoms with Gasteiger partial charge in [0, 0.05) is 5.02 Å². The van der Waals surface area contributed by atoms with Crippen LogP contribution in [0.15, 0.2) is 71.3 Å². The van der Waals surface area contributed by atoms with Crippen LogP contribution in [0.5, 0.6) is 0 Å². The molecule has 7 nitrogen and oxygen atoms in total. The molecule has 0 saturated heterocycles. The number of nitrogens with zero attached hydrogens (tertiary/aromatic N) is 3. The minimum Gasteiger partial charge on any atom is -0.459 e. The number of anilines is 2. The molecule has 2 N–H and O–H groups in total. The number of furan rings is 1. The molecule has 1 amide bonds. The van der Waals surface area contributed by atoms with Gasteiger partial charge in [0.2, 0.25) is 5.95 Å². The lowest BCUT2D eigenvalue weighted by Crippen LogP contribution is -2.28. The molecule has 0 aliphatic carbocycles. The summed E-state index contributed by atoms with van der Waals surface area (Å²) in [4.78, 5) is 16.8. The van der Waals surface area contributed by atoms with Gasteiger partial charge < -0.3 is 9.73 Å². The highest BCUT2D eigenvalue weighted by Gasteiger charge is 2.31. The van der Waals surface area contributed by atoms with Crippen LogP contribution in [0.1, 0.15) is 40.2 Å². The van der Waals surface area contributed by atoms with E-state index < -0.39 is 5.91 Å². The van der Waals surface area contributed by atoms with Crippen LogP contribution in [0.25, 0.3) is 0 Å². The fourth-order valence-electron chi connectivity index (χ4n) is 3.68. The Morgan fingerprint density at radius 3 is 2.58 bits per heavy atom. The molecule has 2 aromatic carbocycles. The first-order valence-corrected chi connectivity index (χ1v) is 10.0. The molecular formula is C22H17ClFN5O2. The third-order valence-corrected chi connectivity index (χ3v) is 5.44. The Morgan fingerprint density at radius 2 is 1.87 bits per heavy atom. The van der Waals surface area contributed by atoms with Crippen LogP contribution in [0.4, 0.5) is 16.3 Å². The van der Waals surface area contributed by atoms with Crippen LogP contribution in [0.2, 0.25) is 5.02 Å². The van der Waals surface area contributed by atoms with Crippen LogP contribution >= 0.6 is 11.6 Å². The van der Waals surface area contributed by atoms with Gasteiger partial charge in [-0.3, -0.25) is 10.1 Å². The summed E-state index contributed by atoms with van der Waals surface area (Å²) in [6, 6.07) is 16.8. The maximum atomic E-state index is 13.5. The zero-order valence-corrected chi connectivity index (χ0v) is 16.9. The molecule has 156 valence electrons. The van der Waals surface area contributed by atoms with Crippen molar-refractivity contribution < 1.29 is 13.6 Å². The smallest absolute Gasteiger partial charge is 0.293 e. The van der Waals surface area contributed by atoms with Crippen LogP contribution < -0.4 is 10.6 Å². The molecule has 5 rings (SSSR count). The van der Waals surface area contributed by atoms with Crippen molar-refractivity contribution >= 4 is 29.4 Å². The SMILES string of the molecule is O=C(Nc1nc2n(n1)C(c1ccc(F)cc1)CC(c1ccc(Cl)cc1)N2)c1ccco1. The van der Waals surface area contributed by atoms with Gasteiger partial charge in [0.15, 0.2) is 5.76 Å². The lowest BCUT2D eigenvalue weighted by molar-refractivity contribution is 0.0995. The van der Waals surface area contributed by atoms with E-state index in [4.69, 9.17) is 16.0 Å². The molecular weight excluding hydrogens is 421 g/mol. The maximum absolute atomic E-state index is 13.5. The number of aromatic nitrogens is 3. The zero-order chi connectivity index (χ0) is 21.4. The van der Waals surface area contributed by atoms with Gasteiger partial charge in [0.25, 0.3) is 11.9 Å². The first kappa shape index (κ1) is 19.3. The van der Waals surface area contributed by atoms with Crippen molar-refractivity contribution in [3.05, 3.63) is 94.7 Å². The summed E-state index contributed by atoms with van der Waals surface area (Å²) in [6.45, 7) is 0. The Labute approximate surface area is 181 Å². The third kappa shape index (κ3) is 3.89. The third-order valence-electron chi connectivity index (χ3n) is 5.19. The number of hydrogen-bond donors (Lipinski definition) is 2. The topological polar surface area (TPSA) is 85.0 Å². The average Bonchev–Trinajstić information content (AvgIpc) is 3.44. The summed E-state index contributed by atoms with van der Waals surface area (Å²) in [5.41, 5.74) is 1.92. The first-order chi connectivity index (χ1) is 15.1. The minimum atomic E-state index is -0.444. The van der Waals surface area contributed by atoms with Crippen LogP contribution in [0.3, 0.4) is 0 Å². The minimum absolute atomic E-state index is 0.0716. The summed E-state index contributed by atoms with van der Waals surface area (Å²) in [5, 5.41) is 11.2. The maximum Gasteiger partial charge on any atom is 0.293 e. The Morgan fingerprint density at radius 1 is 1.13 bits per heavy atom. The number of halogens is 2. The van der Waals surface area contributed by atoms with Crippen molar-refractivity contribution in [2.24, 2.45) is 0 Å². The van der Waals surface area contributed by atoms with Gasteiger partial charge >= 0.3 is 0 Å². The van der Waals surface area contributed by atoms with E-state index in [0.29, 0.717) is 17.4 Å². The highest BCUT2D eigenvalue weighted by molar-refractivity contribution is 6.30. The molecule has 2 atom stereocenters. The average molecular weight is 438 g/mol. The normalized spacial score (nSPS) is 17.6. The summed E-state index contributed by atoms with van der Waals surface area (Å²) in [7, 11) is 0. The predicted octanol–water partition coefficient (Wildman–Crippen LogP) is 5.06. The molecule has 31 heavy (non-hydrogen) atoms. The van der Waals surface area contributed by atoms with Gasteiger partial charge in [-0.25, -0.2) is 9.07 Å². The second-order valence-electron chi connectivity index (χ2n) is 7.19.